The molecule has 196 valence electrons. The largest absolute Gasteiger partial charge is 0.493 e. The maximum Gasteiger partial charge on any atom is 0.416 e. The number of pyridine rings is 1. The monoisotopic (exact) mass is 545 g/mol. The number of alkyl halides is 3. The molecule has 1 heterocycles. The number of carbonyl (C=O) groups excluding carboxylic acids is 1. The van der Waals surface area contributed by atoms with E-state index in [4.69, 9.17) is 26.4 Å². The number of nitrogens with one attached hydrogen (secondary N) is 2. The number of hydrogen-bond donors (Lipinski definition) is 2. The van der Waals surface area contributed by atoms with Crippen molar-refractivity contribution in [2.45, 2.75) is 6.18 Å². The van der Waals surface area contributed by atoms with Gasteiger partial charge in [0.15, 0.2) is 28.2 Å². The lowest BCUT2D eigenvalue weighted by molar-refractivity contribution is -0.137. The molecule has 0 radical (unpaired) electrons. The Bertz CT molecular complexity index is 1530. The number of nitrogens with zero attached hydrogens (tertiary/aromatic N) is 1. The molecule has 1 amide bonds. The highest BCUT2D eigenvalue weighted by Gasteiger charge is 2.31. The molecule has 0 bridgehead atoms. The second-order valence-electron chi connectivity index (χ2n) is 7.77. The first-order valence-corrected chi connectivity index (χ1v) is 11.3. The Balaban J connectivity index is 1.47. The van der Waals surface area contributed by atoms with Crippen molar-refractivity contribution in [3.63, 3.8) is 0 Å². The lowest BCUT2D eigenvalue weighted by Crippen LogP contribution is -2.34. The van der Waals surface area contributed by atoms with Crippen molar-refractivity contribution in [1.29, 1.82) is 0 Å². The maximum atomic E-state index is 14.9. The molecule has 2 N–H and O–H groups in total. The summed E-state index contributed by atoms with van der Waals surface area (Å²) >= 11 is 5.05. The van der Waals surface area contributed by atoms with E-state index in [9.17, 15) is 22.4 Å². The third kappa shape index (κ3) is 5.92. The summed E-state index contributed by atoms with van der Waals surface area (Å²) in [7, 11) is 2.98. The number of methoxy groups -OCH3 is 2. The van der Waals surface area contributed by atoms with Crippen LogP contribution in [-0.2, 0) is 6.18 Å². The van der Waals surface area contributed by atoms with Gasteiger partial charge in [0, 0.05) is 35.0 Å². The highest BCUT2D eigenvalue weighted by Crippen LogP contribution is 2.37. The van der Waals surface area contributed by atoms with Crippen LogP contribution in [0.15, 0.2) is 66.9 Å². The number of benzene rings is 3. The molecule has 4 rings (SSSR count). The third-order valence-electron chi connectivity index (χ3n) is 5.30. The van der Waals surface area contributed by atoms with Crippen LogP contribution in [0, 0.1) is 5.82 Å². The molecular weight excluding hydrogens is 526 g/mol. The van der Waals surface area contributed by atoms with Crippen molar-refractivity contribution >= 4 is 39.8 Å². The van der Waals surface area contributed by atoms with Crippen LogP contribution in [0.3, 0.4) is 0 Å². The van der Waals surface area contributed by atoms with Crippen molar-refractivity contribution in [3.8, 4) is 23.0 Å². The molecule has 7 nitrogen and oxygen atoms in total. The zero-order valence-electron chi connectivity index (χ0n) is 19.9. The summed E-state index contributed by atoms with van der Waals surface area (Å²) in [5.74, 6) is -0.463. The van der Waals surface area contributed by atoms with E-state index in [0.29, 0.717) is 34.2 Å². The molecule has 0 aliphatic heterocycles. The molecule has 3 aromatic carbocycles. The molecule has 0 spiro atoms. The average Bonchev–Trinajstić information content (AvgIpc) is 2.89. The van der Waals surface area contributed by atoms with E-state index in [1.54, 1.807) is 18.2 Å². The summed E-state index contributed by atoms with van der Waals surface area (Å²) in [6, 6.07) is 12.7. The molecule has 12 heteroatoms. The van der Waals surface area contributed by atoms with Gasteiger partial charge in [0.2, 0.25) is 0 Å². The SMILES string of the molecule is COc1cc2nccc(Oc3ccc(NC(=S)NC(=O)c4cccc(C(F)(F)F)c4)cc3F)c2cc1OC. The number of fused-ring (bicyclic) bond motifs is 1. The van der Waals surface area contributed by atoms with Gasteiger partial charge in [-0.1, -0.05) is 6.07 Å². The van der Waals surface area contributed by atoms with E-state index in [1.807, 2.05) is 0 Å². The highest BCUT2D eigenvalue weighted by molar-refractivity contribution is 7.80. The minimum absolute atomic E-state index is 0.100. The fraction of sp³-hybridized carbons (Fsp3) is 0.115. The third-order valence-corrected chi connectivity index (χ3v) is 5.50. The van der Waals surface area contributed by atoms with E-state index >= 15 is 0 Å². The first-order valence-electron chi connectivity index (χ1n) is 10.9. The molecule has 0 fully saturated rings. The molecular formula is C26H19F4N3O4S. The predicted octanol–water partition coefficient (Wildman–Crippen LogP) is 6.33. The van der Waals surface area contributed by atoms with Crippen LogP contribution in [0.4, 0.5) is 23.2 Å². The van der Waals surface area contributed by atoms with Crippen LogP contribution in [0.1, 0.15) is 15.9 Å². The van der Waals surface area contributed by atoms with Crippen LogP contribution in [-0.4, -0.2) is 30.2 Å². The number of halogens is 4. The van der Waals surface area contributed by atoms with Gasteiger partial charge in [-0.15, -0.1) is 0 Å². The number of thiocarbonyl (C=S) groups is 1. The molecule has 1 aromatic heterocycles. The minimum Gasteiger partial charge on any atom is -0.493 e. The Kier molecular flexibility index (Phi) is 7.62. The molecule has 0 saturated carbocycles. The highest BCUT2D eigenvalue weighted by atomic mass is 32.1. The first-order chi connectivity index (χ1) is 18.1. The average molecular weight is 546 g/mol. The number of amides is 1. The fourth-order valence-corrected chi connectivity index (χ4v) is 3.70. The maximum absolute atomic E-state index is 14.9. The lowest BCUT2D eigenvalue weighted by atomic mass is 10.1. The molecule has 0 aliphatic rings. The Labute approximate surface area is 219 Å². The zero-order chi connectivity index (χ0) is 27.4. The number of carbonyl (C=O) groups is 1. The number of anilines is 1. The molecule has 0 aliphatic carbocycles. The quantitative estimate of drug-likeness (QED) is 0.217. The minimum atomic E-state index is -4.60. The molecule has 0 unspecified atom stereocenters. The zero-order valence-corrected chi connectivity index (χ0v) is 20.7. The molecule has 4 aromatic rings. The van der Waals surface area contributed by atoms with Crippen LogP contribution < -0.4 is 24.8 Å². The van der Waals surface area contributed by atoms with Crippen molar-refractivity contribution in [2.75, 3.05) is 19.5 Å². The molecule has 0 saturated heterocycles. The first kappa shape index (κ1) is 26.6. The number of hydrogen-bond acceptors (Lipinski definition) is 6. The van der Waals surface area contributed by atoms with Gasteiger partial charge in [0.1, 0.15) is 5.75 Å². The Morgan fingerprint density at radius 2 is 1.66 bits per heavy atom. The van der Waals surface area contributed by atoms with Gasteiger partial charge in [0.05, 0.1) is 25.3 Å². The standard InChI is InChI=1S/C26H19F4N3O4S/c1-35-22-12-17-19(13-23(22)36-2)31-9-8-20(17)37-21-7-6-16(11-18(21)27)32-25(38)33-24(34)14-4-3-5-15(10-14)26(28,29)30/h3-13H,1-2H3,(H2,32,33,34,38). The van der Waals surface area contributed by atoms with E-state index < -0.39 is 23.5 Å². The van der Waals surface area contributed by atoms with E-state index in [-0.39, 0.29) is 22.1 Å². The lowest BCUT2D eigenvalue weighted by Gasteiger charge is -2.14. The van der Waals surface area contributed by atoms with Gasteiger partial charge in [0.25, 0.3) is 5.91 Å². The van der Waals surface area contributed by atoms with Gasteiger partial charge in [-0.3, -0.25) is 15.1 Å². The number of rotatable bonds is 6. The summed E-state index contributed by atoms with van der Waals surface area (Å²) in [4.78, 5) is 16.6. The van der Waals surface area contributed by atoms with Gasteiger partial charge in [-0.25, -0.2) is 4.39 Å². The topological polar surface area (TPSA) is 81.7 Å². The summed E-state index contributed by atoms with van der Waals surface area (Å²) in [5, 5.41) is 5.21. The Morgan fingerprint density at radius 3 is 2.34 bits per heavy atom. The smallest absolute Gasteiger partial charge is 0.416 e. The van der Waals surface area contributed by atoms with E-state index in [0.717, 1.165) is 18.2 Å². The van der Waals surface area contributed by atoms with Crippen LogP contribution in [0.25, 0.3) is 10.9 Å². The van der Waals surface area contributed by atoms with Gasteiger partial charge in [-0.2, -0.15) is 13.2 Å². The summed E-state index contributed by atoms with van der Waals surface area (Å²) in [5.41, 5.74) is -0.491. The van der Waals surface area contributed by atoms with Crippen LogP contribution in [0.2, 0.25) is 0 Å². The van der Waals surface area contributed by atoms with Crippen LogP contribution in [0.5, 0.6) is 23.0 Å². The summed E-state index contributed by atoms with van der Waals surface area (Å²) in [6.45, 7) is 0. The number of ether oxygens (including phenoxy) is 3. The Morgan fingerprint density at radius 1 is 0.921 bits per heavy atom. The van der Waals surface area contributed by atoms with Gasteiger partial charge < -0.3 is 19.5 Å². The normalized spacial score (nSPS) is 11.1. The van der Waals surface area contributed by atoms with Gasteiger partial charge >= 0.3 is 6.18 Å². The fourth-order valence-electron chi connectivity index (χ4n) is 3.49. The second kappa shape index (κ2) is 10.9. The Hall–Kier alpha value is -4.45. The second-order valence-corrected chi connectivity index (χ2v) is 8.18. The van der Waals surface area contributed by atoms with Crippen LogP contribution >= 0.6 is 12.2 Å². The van der Waals surface area contributed by atoms with Crippen molar-refractivity contribution in [2.24, 2.45) is 0 Å². The van der Waals surface area contributed by atoms with Crippen molar-refractivity contribution < 1.29 is 36.6 Å². The summed E-state index contributed by atoms with van der Waals surface area (Å²) < 4.78 is 70.0. The van der Waals surface area contributed by atoms with E-state index in [1.165, 1.54) is 38.6 Å². The van der Waals surface area contributed by atoms with Gasteiger partial charge in [-0.05, 0) is 54.7 Å². The summed E-state index contributed by atoms with van der Waals surface area (Å²) in [6.07, 6.45) is -3.10. The van der Waals surface area contributed by atoms with E-state index in [2.05, 4.69) is 15.6 Å². The number of aromatic nitrogens is 1. The van der Waals surface area contributed by atoms with Crippen molar-refractivity contribution in [1.82, 2.24) is 10.3 Å². The van der Waals surface area contributed by atoms with Crippen molar-refractivity contribution in [3.05, 3.63) is 83.8 Å². The predicted molar refractivity (Wildman–Crippen MR) is 136 cm³/mol. The molecule has 38 heavy (non-hydrogen) atoms. The molecule has 0 atom stereocenters.